The molecule has 1 rings (SSSR count). The Labute approximate surface area is 115 Å². The van der Waals surface area contributed by atoms with E-state index in [0.717, 1.165) is 13.0 Å². The quantitative estimate of drug-likeness (QED) is 0.745. The normalized spacial score (nSPS) is 18.0. The molecule has 0 aliphatic carbocycles. The topological polar surface area (TPSA) is 61.4 Å². The molecule has 6 heteroatoms. The Morgan fingerprint density at radius 1 is 1.39 bits per heavy atom. The number of nitrogens with zero attached hydrogens (tertiary/aromatic N) is 1. The average Bonchev–Trinajstić information content (AvgIpc) is 2.85. The molecule has 1 atom stereocenters. The number of carbonyl (C=O) groups is 2. The number of nitrogens with one attached hydrogen (secondary N) is 2. The summed E-state index contributed by atoms with van der Waals surface area (Å²) in [6.45, 7) is 1.57. The van der Waals surface area contributed by atoms with E-state index in [4.69, 9.17) is 0 Å². The van der Waals surface area contributed by atoms with E-state index < -0.39 is 0 Å². The van der Waals surface area contributed by atoms with Crippen LogP contribution in [0.4, 0.5) is 0 Å². The van der Waals surface area contributed by atoms with Gasteiger partial charge in [-0.15, -0.1) is 12.4 Å². The third kappa shape index (κ3) is 6.21. The van der Waals surface area contributed by atoms with Crippen LogP contribution in [0.15, 0.2) is 0 Å². The van der Waals surface area contributed by atoms with Crippen LogP contribution in [-0.2, 0) is 9.59 Å². The molecule has 106 valence electrons. The molecule has 0 bridgehead atoms. The van der Waals surface area contributed by atoms with Crippen molar-refractivity contribution in [1.29, 1.82) is 0 Å². The highest BCUT2D eigenvalue weighted by Crippen LogP contribution is 2.11. The summed E-state index contributed by atoms with van der Waals surface area (Å²) in [5.41, 5.74) is 0. The van der Waals surface area contributed by atoms with Crippen LogP contribution in [0, 0.1) is 0 Å². The van der Waals surface area contributed by atoms with Gasteiger partial charge in [0.2, 0.25) is 11.8 Å². The standard InChI is InChI=1S/C12H23N3O2.ClH/c1-13-11(16)7-9-15(2)12(17)6-5-10-4-3-8-14-10;/h10,14H,3-9H2,1-2H3,(H,13,16);1H. The Bertz CT molecular complexity index is 268. The molecule has 0 aromatic heterocycles. The molecule has 1 aliphatic heterocycles. The third-order valence-electron chi connectivity index (χ3n) is 3.25. The average molecular weight is 278 g/mol. The molecule has 1 aliphatic rings. The summed E-state index contributed by atoms with van der Waals surface area (Å²) >= 11 is 0. The van der Waals surface area contributed by atoms with E-state index in [9.17, 15) is 9.59 Å². The van der Waals surface area contributed by atoms with Gasteiger partial charge in [0.15, 0.2) is 0 Å². The summed E-state index contributed by atoms with van der Waals surface area (Å²) in [6.07, 6.45) is 4.24. The lowest BCUT2D eigenvalue weighted by Gasteiger charge is -2.18. The second kappa shape index (κ2) is 9.16. The minimum Gasteiger partial charge on any atom is -0.359 e. The van der Waals surface area contributed by atoms with Gasteiger partial charge in [-0.1, -0.05) is 0 Å². The zero-order valence-electron chi connectivity index (χ0n) is 11.2. The molecule has 18 heavy (non-hydrogen) atoms. The molecule has 1 fully saturated rings. The van der Waals surface area contributed by atoms with E-state index in [-0.39, 0.29) is 24.2 Å². The Kier molecular flexibility index (Phi) is 8.75. The van der Waals surface area contributed by atoms with Gasteiger partial charge in [-0.05, 0) is 25.8 Å². The fourth-order valence-electron chi connectivity index (χ4n) is 2.01. The van der Waals surface area contributed by atoms with Gasteiger partial charge in [-0.25, -0.2) is 0 Å². The maximum Gasteiger partial charge on any atom is 0.222 e. The van der Waals surface area contributed by atoms with Crippen LogP contribution in [0.5, 0.6) is 0 Å². The molecule has 5 nitrogen and oxygen atoms in total. The first-order chi connectivity index (χ1) is 8.13. The number of carbonyl (C=O) groups excluding carboxylic acids is 2. The highest BCUT2D eigenvalue weighted by Gasteiger charge is 2.17. The lowest BCUT2D eigenvalue weighted by atomic mass is 10.1. The molecule has 0 aromatic carbocycles. The van der Waals surface area contributed by atoms with E-state index in [1.165, 1.54) is 12.8 Å². The van der Waals surface area contributed by atoms with Crippen molar-refractivity contribution in [2.24, 2.45) is 0 Å². The van der Waals surface area contributed by atoms with Gasteiger partial charge < -0.3 is 15.5 Å². The molecule has 1 unspecified atom stereocenters. The van der Waals surface area contributed by atoms with Crippen LogP contribution < -0.4 is 10.6 Å². The first-order valence-electron chi connectivity index (χ1n) is 6.31. The number of amides is 2. The highest BCUT2D eigenvalue weighted by molar-refractivity contribution is 5.85. The van der Waals surface area contributed by atoms with Gasteiger partial charge in [0, 0.05) is 39.5 Å². The Morgan fingerprint density at radius 3 is 2.67 bits per heavy atom. The smallest absolute Gasteiger partial charge is 0.222 e. The van der Waals surface area contributed by atoms with E-state index in [2.05, 4.69) is 10.6 Å². The zero-order chi connectivity index (χ0) is 12.7. The number of rotatable bonds is 6. The summed E-state index contributed by atoms with van der Waals surface area (Å²) in [6, 6.07) is 0.506. The molecule has 0 radical (unpaired) electrons. The predicted molar refractivity (Wildman–Crippen MR) is 73.8 cm³/mol. The second-order valence-electron chi connectivity index (χ2n) is 4.57. The van der Waals surface area contributed by atoms with Crippen molar-refractivity contribution >= 4 is 24.2 Å². The van der Waals surface area contributed by atoms with E-state index >= 15 is 0 Å². The first kappa shape index (κ1) is 17.2. The highest BCUT2D eigenvalue weighted by atomic mass is 35.5. The summed E-state index contributed by atoms with van der Waals surface area (Å²) in [5, 5.41) is 5.92. The number of hydrogen-bond acceptors (Lipinski definition) is 3. The molecular formula is C12H24ClN3O2. The van der Waals surface area contributed by atoms with E-state index in [1.807, 2.05) is 0 Å². The van der Waals surface area contributed by atoms with Gasteiger partial charge in [0.05, 0.1) is 0 Å². The molecule has 0 aromatic rings. The van der Waals surface area contributed by atoms with Gasteiger partial charge in [0.1, 0.15) is 0 Å². The van der Waals surface area contributed by atoms with Crippen LogP contribution in [0.1, 0.15) is 32.1 Å². The second-order valence-corrected chi connectivity index (χ2v) is 4.57. The summed E-state index contributed by atoms with van der Waals surface area (Å²) in [7, 11) is 3.36. The zero-order valence-corrected chi connectivity index (χ0v) is 12.0. The monoisotopic (exact) mass is 277 g/mol. The van der Waals surface area contributed by atoms with Crippen molar-refractivity contribution in [3.05, 3.63) is 0 Å². The van der Waals surface area contributed by atoms with Crippen LogP contribution >= 0.6 is 12.4 Å². The van der Waals surface area contributed by atoms with Gasteiger partial charge >= 0.3 is 0 Å². The van der Waals surface area contributed by atoms with Gasteiger partial charge in [-0.3, -0.25) is 9.59 Å². The minimum atomic E-state index is -0.0258. The maximum absolute atomic E-state index is 11.8. The minimum absolute atomic E-state index is 0. The first-order valence-corrected chi connectivity index (χ1v) is 6.31. The largest absolute Gasteiger partial charge is 0.359 e. The van der Waals surface area contributed by atoms with Crippen molar-refractivity contribution in [1.82, 2.24) is 15.5 Å². The molecule has 0 saturated carbocycles. The fraction of sp³-hybridized carbons (Fsp3) is 0.833. The number of hydrogen-bond donors (Lipinski definition) is 2. The van der Waals surface area contributed by atoms with Crippen molar-refractivity contribution in [3.63, 3.8) is 0 Å². The third-order valence-corrected chi connectivity index (χ3v) is 3.25. The summed E-state index contributed by atoms with van der Waals surface area (Å²) < 4.78 is 0. The molecular weight excluding hydrogens is 254 g/mol. The molecule has 1 saturated heterocycles. The van der Waals surface area contributed by atoms with Gasteiger partial charge in [0.25, 0.3) is 0 Å². The van der Waals surface area contributed by atoms with Crippen molar-refractivity contribution < 1.29 is 9.59 Å². The van der Waals surface area contributed by atoms with E-state index in [0.29, 0.717) is 25.4 Å². The van der Waals surface area contributed by atoms with Crippen molar-refractivity contribution in [2.45, 2.75) is 38.1 Å². The van der Waals surface area contributed by atoms with Crippen LogP contribution in [0.2, 0.25) is 0 Å². The Morgan fingerprint density at radius 2 is 2.11 bits per heavy atom. The Hall–Kier alpha value is -0.810. The SMILES string of the molecule is CNC(=O)CCN(C)C(=O)CCC1CCCN1.Cl. The van der Waals surface area contributed by atoms with Crippen molar-refractivity contribution in [2.75, 3.05) is 27.2 Å². The van der Waals surface area contributed by atoms with Crippen LogP contribution in [0.3, 0.4) is 0 Å². The molecule has 0 spiro atoms. The summed E-state index contributed by atoms with van der Waals surface area (Å²) in [5.74, 6) is 0.102. The lowest BCUT2D eigenvalue weighted by molar-refractivity contribution is -0.130. The maximum atomic E-state index is 11.8. The Balaban J connectivity index is 0.00000289. The van der Waals surface area contributed by atoms with Crippen LogP contribution in [0.25, 0.3) is 0 Å². The van der Waals surface area contributed by atoms with Gasteiger partial charge in [-0.2, -0.15) is 0 Å². The van der Waals surface area contributed by atoms with Crippen LogP contribution in [-0.4, -0.2) is 49.9 Å². The molecule has 2 amide bonds. The van der Waals surface area contributed by atoms with E-state index in [1.54, 1.807) is 19.0 Å². The summed E-state index contributed by atoms with van der Waals surface area (Å²) in [4.78, 5) is 24.5. The molecule has 2 N–H and O–H groups in total. The molecule has 1 heterocycles. The lowest BCUT2D eigenvalue weighted by Crippen LogP contribution is -2.32. The van der Waals surface area contributed by atoms with Crippen molar-refractivity contribution in [3.8, 4) is 0 Å². The number of halogens is 1. The fourth-order valence-corrected chi connectivity index (χ4v) is 2.01. The predicted octanol–water partition coefficient (Wildman–Crippen LogP) is 0.535.